The van der Waals surface area contributed by atoms with Crippen molar-refractivity contribution in [1.82, 2.24) is 5.32 Å². The van der Waals surface area contributed by atoms with E-state index in [9.17, 15) is 22.0 Å². The summed E-state index contributed by atoms with van der Waals surface area (Å²) in [7, 11) is -4.65. The first-order valence-electron chi connectivity index (χ1n) is 8.31. The molecule has 0 aromatic heterocycles. The van der Waals surface area contributed by atoms with Gasteiger partial charge in [-0.25, -0.2) is 8.42 Å². The first kappa shape index (κ1) is 18.5. The quantitative estimate of drug-likeness (QED) is 0.835. The lowest BCUT2D eigenvalue weighted by Crippen LogP contribution is -2.45. The lowest BCUT2D eigenvalue weighted by Gasteiger charge is -2.42. The van der Waals surface area contributed by atoms with Crippen molar-refractivity contribution in [2.45, 2.75) is 35.3 Å². The highest BCUT2D eigenvalue weighted by molar-refractivity contribution is 7.91. The second-order valence-corrected chi connectivity index (χ2v) is 8.43. The number of hydrogen-bond acceptors (Lipinski definition) is 3. The Morgan fingerprint density at radius 2 is 1.65 bits per heavy atom. The molecule has 0 aliphatic heterocycles. The van der Waals surface area contributed by atoms with Gasteiger partial charge in [0.1, 0.15) is 0 Å². The molecule has 0 spiro atoms. The smallest absolute Gasteiger partial charge is 0.341 e. The minimum absolute atomic E-state index is 0.0735. The summed E-state index contributed by atoms with van der Waals surface area (Å²) >= 11 is 0. The fraction of sp³-hybridized carbons (Fsp3) is 0.316. The first-order chi connectivity index (χ1) is 12.3. The Labute approximate surface area is 151 Å². The molecule has 0 bridgehead atoms. The minimum atomic E-state index is -4.65. The standard InChI is InChI=1S/C19H19F2NO3S/c20-18(21)26(24,25)16-9-7-14(8-10-16)17(23)22-13-19(11-4-12-19)15-5-2-1-3-6-15/h1-3,5-10,18H,4,11-13H2,(H,22,23). The first-order valence-corrected chi connectivity index (χ1v) is 9.86. The van der Waals surface area contributed by atoms with Gasteiger partial charge >= 0.3 is 5.76 Å². The maximum absolute atomic E-state index is 12.5. The summed E-state index contributed by atoms with van der Waals surface area (Å²) in [6, 6.07) is 14.6. The molecule has 3 rings (SSSR count). The van der Waals surface area contributed by atoms with E-state index in [1.165, 1.54) is 17.7 Å². The highest BCUT2D eigenvalue weighted by atomic mass is 32.2. The average Bonchev–Trinajstić information content (AvgIpc) is 2.61. The van der Waals surface area contributed by atoms with Gasteiger partial charge in [0.05, 0.1) is 4.90 Å². The van der Waals surface area contributed by atoms with Crippen molar-refractivity contribution in [3.05, 3.63) is 65.7 Å². The molecular formula is C19H19F2NO3S. The SMILES string of the molecule is O=C(NCC1(c2ccccc2)CCC1)c1ccc(S(=O)(=O)C(F)F)cc1. The maximum atomic E-state index is 12.5. The molecule has 1 amide bonds. The number of carbonyl (C=O) groups is 1. The molecule has 2 aromatic rings. The zero-order valence-corrected chi connectivity index (χ0v) is 14.8. The Balaban J connectivity index is 1.69. The Morgan fingerprint density at radius 1 is 1.04 bits per heavy atom. The Morgan fingerprint density at radius 3 is 2.15 bits per heavy atom. The molecule has 138 valence electrons. The molecule has 1 fully saturated rings. The van der Waals surface area contributed by atoms with E-state index in [-0.39, 0.29) is 16.9 Å². The molecule has 0 unspecified atom stereocenters. The zero-order valence-electron chi connectivity index (χ0n) is 14.0. The van der Waals surface area contributed by atoms with Gasteiger partial charge in [-0.3, -0.25) is 4.79 Å². The number of nitrogens with one attached hydrogen (secondary N) is 1. The van der Waals surface area contributed by atoms with Crippen LogP contribution < -0.4 is 5.32 Å². The third kappa shape index (κ3) is 3.49. The van der Waals surface area contributed by atoms with Crippen molar-refractivity contribution in [2.75, 3.05) is 6.54 Å². The van der Waals surface area contributed by atoms with Gasteiger partial charge in [-0.2, -0.15) is 8.78 Å². The van der Waals surface area contributed by atoms with Gasteiger partial charge in [0, 0.05) is 17.5 Å². The van der Waals surface area contributed by atoms with Crippen LogP contribution in [0.3, 0.4) is 0 Å². The zero-order chi connectivity index (χ0) is 18.8. The molecule has 1 N–H and O–H groups in total. The van der Waals surface area contributed by atoms with E-state index in [1.807, 2.05) is 18.2 Å². The van der Waals surface area contributed by atoms with Crippen LogP contribution in [-0.2, 0) is 15.3 Å². The highest BCUT2D eigenvalue weighted by Crippen LogP contribution is 2.43. The Bertz CT molecular complexity index is 877. The van der Waals surface area contributed by atoms with E-state index in [1.54, 1.807) is 0 Å². The van der Waals surface area contributed by atoms with Crippen LogP contribution in [0.25, 0.3) is 0 Å². The van der Waals surface area contributed by atoms with Crippen molar-refractivity contribution in [1.29, 1.82) is 0 Å². The molecule has 1 aliphatic carbocycles. The highest BCUT2D eigenvalue weighted by Gasteiger charge is 2.38. The van der Waals surface area contributed by atoms with Gasteiger partial charge in [0.25, 0.3) is 5.91 Å². The number of halogens is 2. The summed E-state index contributed by atoms with van der Waals surface area (Å²) in [5, 5.41) is 2.88. The lowest BCUT2D eigenvalue weighted by molar-refractivity contribution is 0.0927. The molecule has 1 aliphatic rings. The summed E-state index contributed by atoms with van der Waals surface area (Å²) in [5.41, 5.74) is 1.35. The van der Waals surface area contributed by atoms with Crippen LogP contribution in [0.4, 0.5) is 8.78 Å². The second-order valence-electron chi connectivity index (χ2n) is 6.51. The number of rotatable bonds is 6. The monoisotopic (exact) mass is 379 g/mol. The number of alkyl halides is 2. The number of benzene rings is 2. The van der Waals surface area contributed by atoms with Crippen molar-refractivity contribution < 1.29 is 22.0 Å². The van der Waals surface area contributed by atoms with Gasteiger partial charge < -0.3 is 5.32 Å². The van der Waals surface area contributed by atoms with Crippen LogP contribution in [0.15, 0.2) is 59.5 Å². The van der Waals surface area contributed by atoms with Gasteiger partial charge in [-0.05, 0) is 42.7 Å². The van der Waals surface area contributed by atoms with Crippen LogP contribution in [0.5, 0.6) is 0 Å². The fourth-order valence-corrected chi connectivity index (χ4v) is 3.93. The third-order valence-electron chi connectivity index (χ3n) is 4.96. The van der Waals surface area contributed by atoms with E-state index >= 15 is 0 Å². The second kappa shape index (κ2) is 7.15. The van der Waals surface area contributed by atoms with E-state index in [0.717, 1.165) is 31.4 Å². The predicted molar refractivity (Wildman–Crippen MR) is 93.9 cm³/mol. The minimum Gasteiger partial charge on any atom is -0.351 e. The van der Waals surface area contributed by atoms with Crippen molar-refractivity contribution in [3.63, 3.8) is 0 Å². The van der Waals surface area contributed by atoms with Crippen molar-refractivity contribution >= 4 is 15.7 Å². The van der Waals surface area contributed by atoms with Crippen molar-refractivity contribution in [3.8, 4) is 0 Å². The van der Waals surface area contributed by atoms with E-state index in [2.05, 4.69) is 17.4 Å². The fourth-order valence-electron chi connectivity index (χ4n) is 3.21. The Hall–Kier alpha value is -2.28. The van der Waals surface area contributed by atoms with Crippen LogP contribution >= 0.6 is 0 Å². The third-order valence-corrected chi connectivity index (χ3v) is 6.36. The van der Waals surface area contributed by atoms with E-state index in [0.29, 0.717) is 6.54 Å². The van der Waals surface area contributed by atoms with Crippen molar-refractivity contribution in [2.24, 2.45) is 0 Å². The van der Waals surface area contributed by atoms with Crippen LogP contribution in [0.2, 0.25) is 0 Å². The number of carbonyl (C=O) groups excluding carboxylic acids is 1. The topological polar surface area (TPSA) is 63.2 Å². The summed E-state index contributed by atoms with van der Waals surface area (Å²) in [6.07, 6.45) is 3.08. The van der Waals surface area contributed by atoms with Gasteiger partial charge in [-0.15, -0.1) is 0 Å². The molecule has 26 heavy (non-hydrogen) atoms. The number of hydrogen-bond donors (Lipinski definition) is 1. The molecule has 2 aromatic carbocycles. The van der Waals surface area contributed by atoms with Crippen LogP contribution in [-0.4, -0.2) is 26.6 Å². The molecule has 0 saturated heterocycles. The summed E-state index contributed by atoms with van der Waals surface area (Å²) in [4.78, 5) is 11.9. The molecule has 4 nitrogen and oxygen atoms in total. The maximum Gasteiger partial charge on any atom is 0.341 e. The molecule has 0 atom stereocenters. The van der Waals surface area contributed by atoms with Crippen LogP contribution in [0.1, 0.15) is 35.2 Å². The molecule has 0 radical (unpaired) electrons. The van der Waals surface area contributed by atoms with E-state index < -0.39 is 20.5 Å². The van der Waals surface area contributed by atoms with Gasteiger partial charge in [0.15, 0.2) is 0 Å². The summed E-state index contributed by atoms with van der Waals surface area (Å²) < 4.78 is 47.9. The average molecular weight is 379 g/mol. The van der Waals surface area contributed by atoms with Crippen LogP contribution in [0, 0.1) is 0 Å². The molecule has 0 heterocycles. The Kier molecular flexibility index (Phi) is 5.09. The number of amides is 1. The summed E-state index contributed by atoms with van der Waals surface area (Å²) in [5.74, 6) is -3.83. The molecule has 7 heteroatoms. The van der Waals surface area contributed by atoms with E-state index in [4.69, 9.17) is 0 Å². The normalized spacial score (nSPS) is 16.1. The number of sulfone groups is 1. The largest absolute Gasteiger partial charge is 0.351 e. The lowest BCUT2D eigenvalue weighted by atomic mass is 9.64. The predicted octanol–water partition coefficient (Wildman–Crippen LogP) is 3.53. The molecular weight excluding hydrogens is 360 g/mol. The summed E-state index contributed by atoms with van der Waals surface area (Å²) in [6.45, 7) is 0.479. The molecule has 1 saturated carbocycles. The van der Waals surface area contributed by atoms with Gasteiger partial charge in [-0.1, -0.05) is 36.8 Å². The van der Waals surface area contributed by atoms with Gasteiger partial charge in [0.2, 0.25) is 9.84 Å².